The lowest BCUT2D eigenvalue weighted by atomic mass is 10.0. The molecule has 0 aliphatic carbocycles. The number of ether oxygens (including phenoxy) is 3. The fourth-order valence-electron chi connectivity index (χ4n) is 7.50. The van der Waals surface area contributed by atoms with Gasteiger partial charge in [-0.15, -0.1) is 0 Å². The number of carbonyl (C=O) groups excluding carboxylic acids is 8. The molecule has 1 aromatic carbocycles. The van der Waals surface area contributed by atoms with E-state index in [0.717, 1.165) is 42.1 Å². The van der Waals surface area contributed by atoms with Crippen LogP contribution >= 0.6 is 11.8 Å². The van der Waals surface area contributed by atoms with Gasteiger partial charge < -0.3 is 56.5 Å². The number of benzene rings is 1. The second-order valence-corrected chi connectivity index (χ2v) is 17.7. The van der Waals surface area contributed by atoms with Crippen molar-refractivity contribution in [1.82, 2.24) is 42.1 Å². The predicted molar refractivity (Wildman–Crippen MR) is 247 cm³/mol. The highest BCUT2D eigenvalue weighted by atomic mass is 32.2. The number of aliphatic carboxylic acids is 1. The van der Waals surface area contributed by atoms with E-state index in [-0.39, 0.29) is 113 Å². The van der Waals surface area contributed by atoms with Crippen LogP contribution in [0.15, 0.2) is 30.4 Å². The van der Waals surface area contributed by atoms with Gasteiger partial charge in [0.2, 0.25) is 23.6 Å². The monoisotopic (exact) mass is 997 g/mol. The van der Waals surface area contributed by atoms with Crippen molar-refractivity contribution < 1.29 is 67.4 Å². The molecule has 3 heterocycles. The average Bonchev–Trinajstić information content (AvgIpc) is 3.98. The first-order valence-corrected chi connectivity index (χ1v) is 24.0. The van der Waals surface area contributed by atoms with Gasteiger partial charge in [0, 0.05) is 81.1 Å². The van der Waals surface area contributed by atoms with Gasteiger partial charge in [-0.05, 0) is 57.2 Å². The zero-order valence-electron chi connectivity index (χ0n) is 38.6. The number of nitro groups is 1. The van der Waals surface area contributed by atoms with E-state index in [9.17, 15) is 58.4 Å². The highest BCUT2D eigenvalue weighted by Crippen LogP contribution is 2.33. The van der Waals surface area contributed by atoms with Gasteiger partial charge in [0.15, 0.2) is 0 Å². The number of carbonyl (C=O) groups is 9. The van der Waals surface area contributed by atoms with Crippen molar-refractivity contribution in [2.24, 2.45) is 0 Å². The molecule has 3 aliphatic rings. The van der Waals surface area contributed by atoms with Crippen molar-refractivity contribution in [3.8, 4) is 0 Å². The second-order valence-electron chi connectivity index (χ2n) is 16.4. The fraction of sp³-hybridized carbons (Fsp3) is 0.614. The Morgan fingerprint density at radius 2 is 1.51 bits per heavy atom. The van der Waals surface area contributed by atoms with Crippen LogP contribution in [0.4, 0.5) is 10.5 Å². The number of nitro benzene ring substituents is 1. The summed E-state index contributed by atoms with van der Waals surface area (Å²) in [4.78, 5) is 120. The smallest absolute Gasteiger partial charge is 0.326 e. The Hall–Kier alpha value is -6.18. The number of urea groups is 1. The first-order chi connectivity index (χ1) is 33.1. The molecule has 3 aliphatic heterocycles. The van der Waals surface area contributed by atoms with Gasteiger partial charge in [-0.3, -0.25) is 48.6 Å². The molecule has 2 unspecified atom stereocenters. The fourth-order valence-corrected chi connectivity index (χ4v) is 9.04. The van der Waals surface area contributed by atoms with Crippen molar-refractivity contribution in [2.75, 3.05) is 64.9 Å². The molecular weight excluding hydrogens is 935 g/mol. The van der Waals surface area contributed by atoms with Gasteiger partial charge in [-0.1, -0.05) is 12.5 Å². The number of nitrogens with one attached hydrogen (secondary N) is 7. The summed E-state index contributed by atoms with van der Waals surface area (Å²) in [5, 5.41) is 41.0. The van der Waals surface area contributed by atoms with Crippen LogP contribution in [-0.4, -0.2) is 157 Å². The summed E-state index contributed by atoms with van der Waals surface area (Å²) in [6, 6.07) is 3.21. The Labute approximate surface area is 403 Å². The van der Waals surface area contributed by atoms with Gasteiger partial charge in [0.05, 0.1) is 55.5 Å². The maximum Gasteiger partial charge on any atom is 0.326 e. The van der Waals surface area contributed by atoms with Crippen LogP contribution in [0.1, 0.15) is 88.4 Å². The van der Waals surface area contributed by atoms with E-state index < -0.39 is 52.6 Å². The van der Waals surface area contributed by atoms with Gasteiger partial charge in [-0.25, -0.2) is 9.59 Å². The summed E-state index contributed by atoms with van der Waals surface area (Å²) in [5.41, 5.74) is 0.299. The second kappa shape index (κ2) is 29.7. The Kier molecular flexibility index (Phi) is 23.8. The number of amides is 8. The van der Waals surface area contributed by atoms with Crippen molar-refractivity contribution in [2.45, 2.75) is 107 Å². The Balaban J connectivity index is 0.991. The first kappa shape index (κ1) is 55.4. The molecule has 8 N–H and O–H groups in total. The quantitative estimate of drug-likeness (QED) is 0.00670. The van der Waals surface area contributed by atoms with E-state index in [1.165, 1.54) is 25.1 Å². The number of unbranched alkanes of at least 4 members (excludes halogenated alkanes) is 2. The summed E-state index contributed by atoms with van der Waals surface area (Å²) < 4.78 is 16.4. The SMILES string of the molecule is CC(OC(=O)C[15NH][13CH2][13CH2][13CH2][13CH2][13CH]([15NH]C(=O)CCN1C(=O)C=CC1=O)[13C](=O)O)c1cc(CNC(=O)CCC(=O)NCCOCCOCCNC(=O)CCCC[C@@H]2SC[C@@H]3NC(=O)N[C@@H]32)ccc1[N+](=O)[O-]. The van der Waals surface area contributed by atoms with E-state index in [1.807, 2.05) is 11.8 Å². The molecule has 380 valence electrons. The van der Waals surface area contributed by atoms with Crippen LogP contribution in [-0.2, 0) is 59.1 Å². The molecular formula is C44H63N9O15S. The summed E-state index contributed by atoms with van der Waals surface area (Å²) in [5.74, 6) is -3.60. The molecule has 2 saturated heterocycles. The summed E-state index contributed by atoms with van der Waals surface area (Å²) in [7, 11) is 0. The van der Waals surface area contributed by atoms with Crippen molar-refractivity contribution in [3.63, 3.8) is 0 Å². The average molecular weight is 998 g/mol. The molecule has 0 bridgehead atoms. The molecule has 0 aromatic heterocycles. The molecule has 25 heteroatoms. The summed E-state index contributed by atoms with van der Waals surface area (Å²) >= 11 is 1.86. The van der Waals surface area contributed by atoms with Crippen LogP contribution < -0.4 is 37.2 Å². The molecule has 24 nitrogen and oxygen atoms in total. The van der Waals surface area contributed by atoms with Gasteiger partial charge in [0.25, 0.3) is 17.5 Å². The number of rotatable bonds is 34. The minimum absolute atomic E-state index is 0.0107. The lowest BCUT2D eigenvalue weighted by Gasteiger charge is -2.17. The van der Waals surface area contributed by atoms with Crippen molar-refractivity contribution >= 4 is 70.9 Å². The molecule has 69 heavy (non-hydrogen) atoms. The molecule has 8 amide bonds. The van der Waals surface area contributed by atoms with Gasteiger partial charge in [-0.2, -0.15) is 11.8 Å². The Morgan fingerprint density at radius 3 is 2.17 bits per heavy atom. The standard InChI is InChI=1S/C44H63N9O15S/c1-28(68-41(60)26-45-16-5-4-6-31(43(61)62)49-38(57)15-19-52-39(58)13-14-40(52)59)30-24-29(9-10-33(30)53(64)65)25-48-37(56)12-11-36(55)47-18-21-67-23-22-66-20-17-46-35(54)8-3-2-7-34-42-32(27-69-34)50-44(63)51-42/h9-10,13-14,24,28,31-32,34,42,45H,2-8,11-12,15-23,25-27H2,1H3,(H,46,54)(H,47,55)(H,48,56)(H,49,57)(H,61,62)(H2,50,51,63)/t28?,31?,32-,34-,42-/m0/s1/i4+1,5+1,6+1,16+1,31+1,43+1,45+1,49+1. The van der Waals surface area contributed by atoms with E-state index in [2.05, 4.69) is 37.2 Å². The van der Waals surface area contributed by atoms with E-state index in [1.54, 1.807) is 0 Å². The van der Waals surface area contributed by atoms with Crippen molar-refractivity contribution in [3.05, 3.63) is 51.6 Å². The number of carboxylic acids is 1. The number of imide groups is 1. The van der Waals surface area contributed by atoms with E-state index in [0.29, 0.717) is 49.8 Å². The van der Waals surface area contributed by atoms with Crippen LogP contribution in [0, 0.1) is 10.1 Å². The molecule has 0 spiro atoms. The van der Waals surface area contributed by atoms with Gasteiger partial charge in [0.1, 0.15) is 12.1 Å². The normalized spacial score (nSPS) is 17.9. The van der Waals surface area contributed by atoms with E-state index in [4.69, 9.17) is 14.2 Å². The minimum Gasteiger partial charge on any atom is -0.480 e. The summed E-state index contributed by atoms with van der Waals surface area (Å²) in [6.45, 7) is 3.07. The first-order valence-electron chi connectivity index (χ1n) is 23.0. The van der Waals surface area contributed by atoms with Crippen LogP contribution in [0.25, 0.3) is 0 Å². The predicted octanol–water partition coefficient (Wildman–Crippen LogP) is 0.231. The Bertz CT molecular complexity index is 2010. The number of hydrogen-bond acceptors (Lipinski definition) is 16. The van der Waals surface area contributed by atoms with E-state index >= 15 is 0 Å². The number of thioether (sulfide) groups is 1. The topological polar surface area (TPSA) is 332 Å². The van der Waals surface area contributed by atoms with Crippen LogP contribution in [0.5, 0.6) is 0 Å². The molecule has 0 radical (unpaired) electrons. The molecule has 4 rings (SSSR count). The van der Waals surface area contributed by atoms with Crippen LogP contribution in [0.3, 0.4) is 0 Å². The number of esters is 1. The molecule has 2 fully saturated rings. The third kappa shape index (κ3) is 20.1. The zero-order chi connectivity index (χ0) is 50.1. The highest BCUT2D eigenvalue weighted by molar-refractivity contribution is 8.00. The number of hydrogen-bond donors (Lipinski definition) is 8. The molecule has 1 aromatic rings. The van der Waals surface area contributed by atoms with Gasteiger partial charge >= 0.3 is 18.0 Å². The number of nitrogens with zero attached hydrogens (tertiary/aromatic N) is 2. The highest BCUT2D eigenvalue weighted by Gasteiger charge is 2.42. The molecule has 5 atom stereocenters. The molecule has 0 saturated carbocycles. The lowest BCUT2D eigenvalue weighted by Crippen LogP contribution is -2.42. The summed E-state index contributed by atoms with van der Waals surface area (Å²) in [6.07, 6.45) is 4.62. The minimum atomic E-state index is -1.25. The third-order valence-corrected chi connectivity index (χ3v) is 12.7. The van der Waals surface area contributed by atoms with Crippen LogP contribution in [0.2, 0.25) is 0 Å². The lowest BCUT2D eigenvalue weighted by molar-refractivity contribution is -0.386. The maximum absolute atomic E-state index is 12.6. The van der Waals surface area contributed by atoms with Crippen molar-refractivity contribution in [1.29, 1.82) is 0 Å². The zero-order valence-corrected chi connectivity index (χ0v) is 39.4. The number of fused-ring (bicyclic) bond motifs is 1. The number of carboxylic acid groups (broad SMARTS) is 1. The largest absolute Gasteiger partial charge is 0.480 e. The third-order valence-electron chi connectivity index (χ3n) is 11.2. The Morgan fingerprint density at radius 1 is 0.841 bits per heavy atom. The maximum atomic E-state index is 12.6.